The summed E-state index contributed by atoms with van der Waals surface area (Å²) < 4.78 is 5.44. The summed E-state index contributed by atoms with van der Waals surface area (Å²) in [7, 11) is 0. The first-order chi connectivity index (χ1) is 2.50. The molecule has 0 bridgehead atoms. The van der Waals surface area contributed by atoms with Crippen LogP contribution in [0, 0.1) is 0 Å². The quantitative estimate of drug-likeness (QED) is 0.516. The summed E-state index contributed by atoms with van der Waals surface area (Å²) in [6, 6.07) is 0. The van der Waals surface area contributed by atoms with E-state index in [1.54, 1.807) is 0 Å². The third kappa shape index (κ3) is 0.798. The average molecular weight is 169 g/mol. The van der Waals surface area contributed by atoms with Crippen LogP contribution in [0.25, 0.3) is 0 Å². The van der Waals surface area contributed by atoms with Crippen molar-refractivity contribution in [2.24, 2.45) is 0 Å². The standard InChI is InChI=1S/C3H4N.In/c1-2-3-4;/h1-4H;/q-1;+1. The van der Waals surface area contributed by atoms with Crippen molar-refractivity contribution in [1.29, 1.82) is 0 Å². The Morgan fingerprint density at radius 2 is 2.60 bits per heavy atom. The molecule has 1 nitrogen and oxygen atoms in total. The molecular weight excluding hydrogens is 165 g/mol. The Kier molecular flexibility index (Phi) is 1.15. The Hall–Kier alpha value is 0.280. The average Bonchev–Trinajstić information content (AvgIpc) is 1.76. The first kappa shape index (κ1) is 3.47. The van der Waals surface area contributed by atoms with E-state index in [2.05, 4.69) is 13.1 Å². The molecular formula is C3H4InN. The van der Waals surface area contributed by atoms with E-state index in [1.165, 1.54) is 0 Å². The van der Waals surface area contributed by atoms with Crippen molar-refractivity contribution in [3.8, 4) is 0 Å². The zero-order valence-corrected chi connectivity index (χ0v) is 6.11. The van der Waals surface area contributed by atoms with Gasteiger partial charge in [-0.2, -0.15) is 0 Å². The van der Waals surface area contributed by atoms with Gasteiger partial charge in [0.2, 0.25) is 0 Å². The molecule has 5 heavy (non-hydrogen) atoms. The second-order valence-corrected chi connectivity index (χ2v) is 3.89. The van der Waals surface area contributed by atoms with E-state index in [4.69, 9.17) is 0 Å². The van der Waals surface area contributed by atoms with Crippen LogP contribution in [0.4, 0.5) is 0 Å². The van der Waals surface area contributed by atoms with Gasteiger partial charge < -0.3 is 0 Å². The molecule has 0 spiro atoms. The van der Waals surface area contributed by atoms with Crippen molar-refractivity contribution in [3.05, 3.63) is 12.3 Å². The van der Waals surface area contributed by atoms with Crippen LogP contribution < -0.4 is 3.30 Å². The maximum atomic E-state index is 3.18. The third-order valence-corrected chi connectivity index (χ3v) is 2.78. The summed E-state index contributed by atoms with van der Waals surface area (Å²) in [5.41, 5.74) is 0. The summed E-state index contributed by atoms with van der Waals surface area (Å²) in [4.78, 5) is 0. The van der Waals surface area contributed by atoms with Gasteiger partial charge in [-0.15, -0.1) is 0 Å². The van der Waals surface area contributed by atoms with Crippen molar-refractivity contribution >= 4 is 26.5 Å². The van der Waals surface area contributed by atoms with Gasteiger partial charge in [0.05, 0.1) is 0 Å². The Morgan fingerprint density at radius 3 is 2.80 bits per heavy atom. The molecule has 0 aliphatic carbocycles. The van der Waals surface area contributed by atoms with E-state index < -0.39 is 0 Å². The fourth-order valence-corrected chi connectivity index (χ4v) is 1.86. The van der Waals surface area contributed by atoms with E-state index >= 15 is 0 Å². The van der Waals surface area contributed by atoms with Crippen LogP contribution in [-0.2, 0) is 0 Å². The Morgan fingerprint density at radius 1 is 1.60 bits per heavy atom. The molecule has 0 saturated heterocycles. The Bertz CT molecular complexity index is 65.0. The second-order valence-electron chi connectivity index (χ2n) is 0.885. The van der Waals surface area contributed by atoms with Gasteiger partial charge in [-0.3, -0.25) is 0 Å². The van der Waals surface area contributed by atoms with Crippen molar-refractivity contribution < 1.29 is 0 Å². The first-order valence-electron chi connectivity index (χ1n) is 1.58. The Balaban J connectivity index is 2.61. The zero-order chi connectivity index (χ0) is 3.54. The minimum atomic E-state index is -0.295. The van der Waals surface area contributed by atoms with Gasteiger partial charge in [0, 0.05) is 0 Å². The van der Waals surface area contributed by atoms with Crippen LogP contribution in [0.15, 0.2) is 12.3 Å². The van der Waals surface area contributed by atoms with Crippen LogP contribution in [0.1, 0.15) is 0 Å². The molecule has 1 aliphatic heterocycles. The van der Waals surface area contributed by atoms with Gasteiger partial charge in [-0.05, 0) is 0 Å². The van der Waals surface area contributed by atoms with Crippen molar-refractivity contribution in [2.45, 2.75) is 0 Å². The summed E-state index contributed by atoms with van der Waals surface area (Å²) in [6.45, 7) is 0. The number of hydrogen-bond donors (Lipinski definition) is 1. The number of hydrogen-bond acceptors (Lipinski definition) is 1. The zero-order valence-electron chi connectivity index (χ0n) is 2.81. The van der Waals surface area contributed by atoms with Gasteiger partial charge in [0.1, 0.15) is 0 Å². The molecule has 0 fully saturated rings. The predicted molar refractivity (Wildman–Crippen MR) is 24.1 cm³/mol. The van der Waals surface area contributed by atoms with Gasteiger partial charge in [0.25, 0.3) is 0 Å². The van der Waals surface area contributed by atoms with E-state index in [0.717, 1.165) is 0 Å². The fourth-order valence-electron chi connectivity index (χ4n) is 0.278. The molecule has 0 aromatic carbocycles. The monoisotopic (exact) mass is 169 g/mol. The van der Waals surface area contributed by atoms with Crippen LogP contribution in [-0.4, -0.2) is 26.5 Å². The number of allylic oxidation sites excluding steroid dienone is 1. The maximum absolute atomic E-state index is 3.18. The summed E-state index contributed by atoms with van der Waals surface area (Å²) in [5, 5.41) is 0. The minimum absolute atomic E-state index is 0.295. The molecule has 0 aromatic heterocycles. The number of nitrogens with one attached hydrogen (secondary N) is 1. The van der Waals surface area contributed by atoms with Crippen molar-refractivity contribution in [1.82, 2.24) is 3.30 Å². The topological polar surface area (TPSA) is 12.0 Å². The molecule has 0 unspecified atom stereocenters. The van der Waals surface area contributed by atoms with E-state index in [9.17, 15) is 0 Å². The molecule has 0 aromatic rings. The van der Waals surface area contributed by atoms with E-state index in [0.29, 0.717) is 0 Å². The second kappa shape index (κ2) is 1.65. The molecule has 1 rings (SSSR count). The molecule has 24 valence electrons. The molecule has 0 radical (unpaired) electrons. The van der Waals surface area contributed by atoms with Crippen LogP contribution in [0.3, 0.4) is 0 Å². The van der Waals surface area contributed by atoms with Crippen LogP contribution >= 0.6 is 0 Å². The normalized spacial score (nSPS) is 14.4. The summed E-state index contributed by atoms with van der Waals surface area (Å²) in [5.74, 6) is 0. The predicted octanol–water partition coefficient (Wildman–Crippen LogP) is -0.475. The Labute approximate surface area is 42.3 Å². The SMILES string of the molecule is C1=C[NH][In]=[CH]1. The fraction of sp³-hybridized carbons (Fsp3) is 0. The van der Waals surface area contributed by atoms with Crippen molar-refractivity contribution in [2.75, 3.05) is 0 Å². The molecule has 0 amide bonds. The molecule has 1 heterocycles. The first-order valence-corrected chi connectivity index (χ1v) is 5.13. The van der Waals surface area contributed by atoms with Gasteiger partial charge >= 0.3 is 42.1 Å². The summed E-state index contributed by atoms with van der Waals surface area (Å²) >= 11 is -0.295. The van der Waals surface area contributed by atoms with Gasteiger partial charge in [-0.25, -0.2) is 0 Å². The van der Waals surface area contributed by atoms with Crippen molar-refractivity contribution in [3.63, 3.8) is 0 Å². The van der Waals surface area contributed by atoms with Crippen LogP contribution in [0.5, 0.6) is 0 Å². The van der Waals surface area contributed by atoms with Gasteiger partial charge in [-0.1, -0.05) is 0 Å². The van der Waals surface area contributed by atoms with Gasteiger partial charge in [0.15, 0.2) is 0 Å². The molecule has 0 saturated carbocycles. The van der Waals surface area contributed by atoms with E-state index in [-0.39, 0.29) is 22.7 Å². The molecule has 1 aliphatic rings. The number of rotatable bonds is 0. The third-order valence-electron chi connectivity index (χ3n) is 0.496. The van der Waals surface area contributed by atoms with E-state index in [1.807, 2.05) is 6.20 Å². The van der Waals surface area contributed by atoms with Crippen LogP contribution in [0.2, 0.25) is 0 Å². The molecule has 0 atom stereocenters. The molecule has 2 heteroatoms. The molecule has 1 N–H and O–H groups in total. The summed E-state index contributed by atoms with van der Waals surface area (Å²) in [6.07, 6.45) is 4.10.